The zero-order chi connectivity index (χ0) is 74.6. The van der Waals surface area contributed by atoms with Crippen LogP contribution >= 0.6 is 46.4 Å². The van der Waals surface area contributed by atoms with Crippen LogP contribution in [0.2, 0.25) is 0 Å². The first kappa shape index (κ1) is 81.8. The Morgan fingerprint density at radius 2 is 0.769 bits per heavy atom. The number of hydrogen-bond donors (Lipinski definition) is 7. The van der Waals surface area contributed by atoms with Gasteiger partial charge in [0.1, 0.15) is 63.0 Å². The zero-order valence-electron chi connectivity index (χ0n) is 61.1. The molecular weight excluding hydrogens is 1420 g/mol. The van der Waals surface area contributed by atoms with Gasteiger partial charge in [-0.2, -0.15) is 0 Å². The third-order valence-electron chi connectivity index (χ3n) is 19.4. The molecule has 29 nitrogen and oxygen atoms in total. The SMILES string of the molecule is CN(C(=O)OC(C)(C)C)C1CCC(Oc2ncnc3sc4c(c23)[C@@H](CC(=O)NCC(N)=O)CC4)CC1.CN(C(=O)OC(C)(C)C)C1CCC(Oc2ncnc3sc4c(c23)[C@@H](CC(=O)O)CC4)CC1.CN(C)C1CCC(Oc2ncnc3sc4c(c23)[C@@H](CC(=O)NCC(N)=O)CC4)CC1.Cl.NCC(N)=O. The van der Waals surface area contributed by atoms with Crippen LogP contribution in [0, 0.1) is 0 Å². The average molecular weight is 1520 g/mol. The van der Waals surface area contributed by atoms with Crippen LogP contribution in [0.4, 0.5) is 9.59 Å². The number of fused-ring (bicyclic) bond motifs is 9. The summed E-state index contributed by atoms with van der Waals surface area (Å²) >= 11 is 4.92. The second-order valence-corrected chi connectivity index (χ2v) is 32.8. The number of aliphatic carboxylic acids is 1. The molecule has 0 spiro atoms. The summed E-state index contributed by atoms with van der Waals surface area (Å²) in [6.45, 7) is 10.9. The zero-order valence-corrected chi connectivity index (χ0v) is 64.4. The lowest BCUT2D eigenvalue weighted by atomic mass is 9.92. The highest BCUT2D eigenvalue weighted by atomic mass is 35.5. The summed E-state index contributed by atoms with van der Waals surface area (Å²) in [6.07, 6.45) is 21.0. The maximum Gasteiger partial charge on any atom is 0.410 e. The number of aromatic nitrogens is 6. The van der Waals surface area contributed by atoms with Gasteiger partial charge in [0.2, 0.25) is 47.2 Å². The van der Waals surface area contributed by atoms with Crippen LogP contribution in [0.25, 0.3) is 30.6 Å². The van der Waals surface area contributed by atoms with Gasteiger partial charge in [-0.3, -0.25) is 28.8 Å². The minimum absolute atomic E-state index is 0. The Morgan fingerprint density at radius 1 is 0.471 bits per heavy atom. The number of nitrogens with one attached hydrogen (secondary N) is 2. The van der Waals surface area contributed by atoms with Crippen LogP contribution in [-0.2, 0) is 57.5 Å². The summed E-state index contributed by atoms with van der Waals surface area (Å²) in [5, 5.41) is 17.3. The molecule has 0 unspecified atom stereocenters. The number of hydrogen-bond acceptors (Lipinski definition) is 24. The molecular formula is C71H102ClN15O14S3. The molecule has 0 aromatic carbocycles. The standard InChI is InChI=1S/C25H35N5O5S.C23H31N3O5S.C21H29N5O3S.C2H6N2O.ClH/c1-25(2,3)35-24(33)30(4)15-6-8-16(9-7-15)34-22-21-20-14(11-19(32)27-12-18(26)31)5-10-17(20)36-23(21)29-13-28-22;1-23(2,3)31-22(29)26(4)14-6-8-15(9-7-14)30-20-19-18-13(11-17(27)28)5-10-16(18)32-21(19)25-12-24-20;1-26(2)13-4-6-14(7-5-13)29-20-19-18-12(9-17(28)23-10-16(22)27)3-8-15(18)30-21(19)25-11-24-20;3-1-2(4)5;/h13-16H,5-12H2,1-4H3,(H2,26,31)(H,27,32);12-15H,5-11H2,1-4H3,(H,27,28);11-14H,3-10H2,1-2H3,(H2,22,27)(H,23,28);1,3H2,(H2,4,5);1H/t14-,15?,16?;13-,14?,15?;12-,13?,14?;;/m111../s1. The molecule has 0 aliphatic heterocycles. The normalized spacial score (nSPS) is 21.7. The number of ether oxygens (including phenoxy) is 5. The molecule has 33 heteroatoms. The van der Waals surface area contributed by atoms with E-state index in [4.69, 9.17) is 40.9 Å². The van der Waals surface area contributed by atoms with Crippen molar-refractivity contribution >= 4 is 125 Å². The quantitative estimate of drug-likeness (QED) is 0.0375. The summed E-state index contributed by atoms with van der Waals surface area (Å²) in [5.41, 5.74) is 21.8. The van der Waals surface area contributed by atoms with Crippen LogP contribution < -0.4 is 47.8 Å². The Balaban J connectivity index is 0.000000191. The molecule has 3 saturated carbocycles. The maximum absolute atomic E-state index is 12.4. The number of carbonyl (C=O) groups is 8. The van der Waals surface area contributed by atoms with Crippen molar-refractivity contribution in [2.75, 3.05) is 47.8 Å². The number of carboxylic acids is 1. The number of thiophene rings is 3. The fourth-order valence-corrected chi connectivity index (χ4v) is 18.1. The molecule has 6 aromatic heterocycles. The Bertz CT molecular complexity index is 4000. The molecule has 570 valence electrons. The number of halogens is 1. The predicted octanol–water partition coefficient (Wildman–Crippen LogP) is 8.84. The van der Waals surface area contributed by atoms with Crippen molar-refractivity contribution in [1.29, 1.82) is 0 Å². The average Bonchev–Trinajstić information content (AvgIpc) is 1.62. The number of nitrogens with zero attached hydrogens (tertiary/aromatic N) is 9. The van der Waals surface area contributed by atoms with E-state index < -0.39 is 34.9 Å². The molecule has 3 fully saturated rings. The molecule has 12 rings (SSSR count). The number of carboxylic acid groups (broad SMARTS) is 1. The van der Waals surface area contributed by atoms with Gasteiger partial charge in [0, 0.05) is 59.7 Å². The van der Waals surface area contributed by atoms with Crippen molar-refractivity contribution < 1.29 is 67.1 Å². The Kier molecular flexibility index (Phi) is 28.6. The van der Waals surface area contributed by atoms with Gasteiger partial charge in [-0.05, 0) is 206 Å². The van der Waals surface area contributed by atoms with Crippen molar-refractivity contribution in [2.24, 2.45) is 22.9 Å². The van der Waals surface area contributed by atoms with E-state index in [1.807, 2.05) is 41.5 Å². The van der Waals surface area contributed by atoms with Gasteiger partial charge >= 0.3 is 18.2 Å². The lowest BCUT2D eigenvalue weighted by Crippen LogP contribution is -2.43. The molecule has 3 atom stereocenters. The minimum Gasteiger partial charge on any atom is -0.481 e. The molecule has 6 heterocycles. The number of nitrogens with two attached hydrogens (primary N) is 4. The van der Waals surface area contributed by atoms with Crippen LogP contribution in [-0.4, -0.2) is 193 Å². The van der Waals surface area contributed by atoms with E-state index in [0.717, 1.165) is 163 Å². The lowest BCUT2D eigenvalue weighted by Gasteiger charge is -2.35. The summed E-state index contributed by atoms with van der Waals surface area (Å²) in [5.74, 6) is -0.841. The highest BCUT2D eigenvalue weighted by molar-refractivity contribution is 7.19. The number of primary amides is 3. The topological polar surface area (TPSA) is 418 Å². The van der Waals surface area contributed by atoms with Crippen LogP contribution in [0.1, 0.15) is 206 Å². The fourth-order valence-electron chi connectivity index (χ4n) is 14.4. The van der Waals surface area contributed by atoms with Gasteiger partial charge in [-0.1, -0.05) is 0 Å². The molecule has 0 saturated heterocycles. The van der Waals surface area contributed by atoms with Crippen LogP contribution in [0.15, 0.2) is 19.0 Å². The van der Waals surface area contributed by atoms with E-state index in [2.05, 4.69) is 65.3 Å². The number of amides is 7. The Hall–Kier alpha value is -7.91. The fraction of sp³-hybridized carbons (Fsp3) is 0.634. The molecule has 6 aromatic rings. The molecule has 6 aliphatic carbocycles. The van der Waals surface area contributed by atoms with E-state index in [-0.39, 0.29) is 117 Å². The van der Waals surface area contributed by atoms with Crippen molar-refractivity contribution in [3.05, 3.63) is 50.3 Å². The van der Waals surface area contributed by atoms with Gasteiger partial charge < -0.3 is 77.1 Å². The number of aryl methyl sites for hydroxylation is 3. The Labute approximate surface area is 624 Å². The third kappa shape index (κ3) is 21.9. The van der Waals surface area contributed by atoms with E-state index >= 15 is 0 Å². The lowest BCUT2D eigenvalue weighted by molar-refractivity contribution is -0.137. The summed E-state index contributed by atoms with van der Waals surface area (Å²) in [6, 6.07) is 0.850. The van der Waals surface area contributed by atoms with Crippen molar-refractivity contribution in [3.8, 4) is 17.6 Å². The van der Waals surface area contributed by atoms with E-state index in [1.54, 1.807) is 64.2 Å². The molecule has 7 amide bonds. The molecule has 6 aliphatic rings. The number of carbonyl (C=O) groups excluding carboxylic acids is 7. The highest BCUT2D eigenvalue weighted by Gasteiger charge is 2.38. The maximum atomic E-state index is 12.4. The molecule has 0 bridgehead atoms. The first-order valence-electron chi connectivity index (χ1n) is 35.5. The molecule has 104 heavy (non-hydrogen) atoms. The Morgan fingerprint density at radius 3 is 1.04 bits per heavy atom. The van der Waals surface area contributed by atoms with Crippen LogP contribution in [0.5, 0.6) is 17.6 Å². The first-order valence-corrected chi connectivity index (χ1v) is 37.9. The van der Waals surface area contributed by atoms with Crippen LogP contribution in [0.3, 0.4) is 0 Å². The van der Waals surface area contributed by atoms with Gasteiger partial charge in [-0.15, -0.1) is 46.4 Å². The minimum atomic E-state index is -0.783. The van der Waals surface area contributed by atoms with E-state index in [1.165, 1.54) is 27.3 Å². The predicted molar refractivity (Wildman–Crippen MR) is 399 cm³/mol. The summed E-state index contributed by atoms with van der Waals surface area (Å²) in [4.78, 5) is 131. The highest BCUT2D eigenvalue weighted by Crippen LogP contribution is 2.51. The first-order chi connectivity index (χ1) is 48.8. The summed E-state index contributed by atoms with van der Waals surface area (Å²) in [7, 11) is 7.86. The largest absolute Gasteiger partial charge is 0.481 e. The monoisotopic (exact) mass is 1520 g/mol. The van der Waals surface area contributed by atoms with Crippen molar-refractivity contribution in [3.63, 3.8) is 0 Å². The smallest absolute Gasteiger partial charge is 0.410 e. The van der Waals surface area contributed by atoms with Gasteiger partial charge in [-0.25, -0.2) is 39.5 Å². The van der Waals surface area contributed by atoms with Crippen molar-refractivity contribution in [2.45, 2.75) is 242 Å². The van der Waals surface area contributed by atoms with E-state index in [9.17, 15) is 43.5 Å². The molecule has 0 radical (unpaired) electrons. The van der Waals surface area contributed by atoms with Crippen molar-refractivity contribution in [1.82, 2.24) is 55.2 Å². The van der Waals surface area contributed by atoms with Gasteiger partial charge in [0.15, 0.2) is 0 Å². The van der Waals surface area contributed by atoms with Gasteiger partial charge in [0.25, 0.3) is 0 Å². The second-order valence-electron chi connectivity index (χ2n) is 29.6. The third-order valence-corrected chi connectivity index (χ3v) is 23.0. The summed E-state index contributed by atoms with van der Waals surface area (Å²) < 4.78 is 30.2. The molecule has 11 N–H and O–H groups in total. The van der Waals surface area contributed by atoms with Gasteiger partial charge in [0.05, 0.1) is 42.2 Å². The second kappa shape index (κ2) is 36.4. The van der Waals surface area contributed by atoms with E-state index in [0.29, 0.717) is 30.1 Å². The number of rotatable bonds is 20.